The summed E-state index contributed by atoms with van der Waals surface area (Å²) in [4.78, 5) is 41.3. The number of nitrogens with one attached hydrogen (secondary N) is 1. The first-order chi connectivity index (χ1) is 12.9. The first-order valence-corrected chi connectivity index (χ1v) is 9.01. The zero-order chi connectivity index (χ0) is 19.4. The average Bonchev–Trinajstić information content (AvgIpc) is 2.91. The van der Waals surface area contributed by atoms with Crippen molar-refractivity contribution in [3.8, 4) is 0 Å². The number of carboxylic acid groups (broad SMARTS) is 1. The smallest absolute Gasteiger partial charge is 0.242 e. The van der Waals surface area contributed by atoms with E-state index in [0.29, 0.717) is 10.9 Å². The second-order valence-corrected chi connectivity index (χ2v) is 7.02. The predicted octanol–water partition coefficient (Wildman–Crippen LogP) is 1.64. The van der Waals surface area contributed by atoms with E-state index in [1.807, 2.05) is 30.3 Å². The number of amidine groups is 1. The number of aliphatic imine (C=N–C) groups is 1. The van der Waals surface area contributed by atoms with E-state index in [1.54, 1.807) is 7.05 Å². The Kier molecular flexibility index (Phi) is 5.56. The van der Waals surface area contributed by atoms with Gasteiger partial charge in [0.2, 0.25) is 11.8 Å². The lowest BCUT2D eigenvalue weighted by Crippen LogP contribution is -2.30. The number of amides is 2. The van der Waals surface area contributed by atoms with Crippen LogP contribution < -0.4 is 10.4 Å². The molecule has 1 saturated heterocycles. The zero-order valence-corrected chi connectivity index (χ0v) is 15.2. The SMILES string of the molecule is CN1C(=O)[C@@H](CC(=O)Nc2ccc(C(=O)[O-])cc2)SC1=Nc1ccccc1. The summed E-state index contributed by atoms with van der Waals surface area (Å²) in [5.74, 6) is -1.80. The third kappa shape index (κ3) is 4.53. The quantitative estimate of drug-likeness (QED) is 0.847. The lowest BCUT2D eigenvalue weighted by Gasteiger charge is -2.10. The predicted molar refractivity (Wildman–Crippen MR) is 102 cm³/mol. The number of thioether (sulfide) groups is 1. The fraction of sp³-hybridized carbons (Fsp3) is 0.158. The third-order valence-electron chi connectivity index (χ3n) is 3.90. The second kappa shape index (κ2) is 8.05. The van der Waals surface area contributed by atoms with Crippen LogP contribution in [0.5, 0.6) is 0 Å². The van der Waals surface area contributed by atoms with Crippen LogP contribution in [-0.2, 0) is 9.59 Å². The Morgan fingerprint density at radius 2 is 1.81 bits per heavy atom. The van der Waals surface area contributed by atoms with Crippen molar-refractivity contribution in [3.05, 3.63) is 60.2 Å². The Morgan fingerprint density at radius 3 is 2.44 bits per heavy atom. The van der Waals surface area contributed by atoms with Crippen molar-refractivity contribution in [2.24, 2.45) is 4.99 Å². The average molecular weight is 382 g/mol. The summed E-state index contributed by atoms with van der Waals surface area (Å²) in [5, 5.41) is 13.4. The Bertz CT molecular complexity index is 897. The van der Waals surface area contributed by atoms with E-state index < -0.39 is 11.2 Å². The van der Waals surface area contributed by atoms with Crippen molar-refractivity contribution in [3.63, 3.8) is 0 Å². The molecule has 1 aliphatic rings. The lowest BCUT2D eigenvalue weighted by atomic mass is 10.2. The van der Waals surface area contributed by atoms with Crippen LogP contribution in [0.4, 0.5) is 11.4 Å². The number of para-hydroxylation sites is 1. The van der Waals surface area contributed by atoms with E-state index in [1.165, 1.54) is 40.9 Å². The first kappa shape index (κ1) is 18.7. The number of carboxylic acids is 1. The molecule has 2 amide bonds. The van der Waals surface area contributed by atoms with Gasteiger partial charge in [-0.05, 0) is 29.8 Å². The van der Waals surface area contributed by atoms with Gasteiger partial charge in [-0.15, -0.1) is 0 Å². The van der Waals surface area contributed by atoms with Crippen LogP contribution in [-0.4, -0.2) is 40.1 Å². The van der Waals surface area contributed by atoms with Crippen molar-refractivity contribution < 1.29 is 19.5 Å². The van der Waals surface area contributed by atoms with E-state index in [0.717, 1.165) is 5.69 Å². The summed E-state index contributed by atoms with van der Waals surface area (Å²) >= 11 is 1.25. The highest BCUT2D eigenvalue weighted by atomic mass is 32.2. The number of hydrogen-bond donors (Lipinski definition) is 1. The van der Waals surface area contributed by atoms with Gasteiger partial charge in [0, 0.05) is 19.2 Å². The number of aromatic carboxylic acids is 1. The van der Waals surface area contributed by atoms with Gasteiger partial charge in [-0.2, -0.15) is 0 Å². The summed E-state index contributed by atoms with van der Waals surface area (Å²) in [6.45, 7) is 0. The van der Waals surface area contributed by atoms with Crippen molar-refractivity contribution in [2.75, 3.05) is 12.4 Å². The summed E-state index contributed by atoms with van der Waals surface area (Å²) < 4.78 is 0. The molecule has 0 radical (unpaired) electrons. The number of carbonyl (C=O) groups excluding carboxylic acids is 3. The van der Waals surface area contributed by atoms with Crippen molar-refractivity contribution in [2.45, 2.75) is 11.7 Å². The van der Waals surface area contributed by atoms with Gasteiger partial charge in [-0.25, -0.2) is 4.99 Å². The minimum absolute atomic E-state index is 0.0100. The molecule has 1 atom stereocenters. The van der Waals surface area contributed by atoms with Gasteiger partial charge in [0.25, 0.3) is 0 Å². The number of anilines is 1. The number of carbonyl (C=O) groups is 3. The normalized spacial score (nSPS) is 18.0. The molecule has 0 spiro atoms. The van der Waals surface area contributed by atoms with E-state index in [9.17, 15) is 19.5 Å². The maximum absolute atomic E-state index is 12.4. The molecule has 27 heavy (non-hydrogen) atoms. The van der Waals surface area contributed by atoms with E-state index in [2.05, 4.69) is 10.3 Å². The van der Waals surface area contributed by atoms with Gasteiger partial charge in [-0.3, -0.25) is 14.5 Å². The molecule has 1 heterocycles. The van der Waals surface area contributed by atoms with Crippen molar-refractivity contribution in [1.29, 1.82) is 0 Å². The minimum Gasteiger partial charge on any atom is -0.545 e. The minimum atomic E-state index is -1.28. The Hall–Kier alpha value is -3.13. The van der Waals surface area contributed by atoms with E-state index >= 15 is 0 Å². The van der Waals surface area contributed by atoms with Gasteiger partial charge < -0.3 is 15.2 Å². The van der Waals surface area contributed by atoms with Gasteiger partial charge >= 0.3 is 0 Å². The summed E-state index contributed by atoms with van der Waals surface area (Å²) in [6.07, 6.45) is -0.0100. The molecule has 0 saturated carbocycles. The fourth-order valence-corrected chi connectivity index (χ4v) is 3.63. The molecule has 0 unspecified atom stereocenters. The standard InChI is InChI=1S/C19H17N3O4S/c1-22-17(24)15(27-19(22)21-13-5-3-2-4-6-13)11-16(23)20-14-9-7-12(8-10-14)18(25)26/h2-10,15H,11H2,1H3,(H,20,23)(H,25,26)/p-1/t15-/m1/s1. The van der Waals surface area contributed by atoms with Crippen LogP contribution in [0.15, 0.2) is 59.6 Å². The molecule has 8 heteroatoms. The zero-order valence-electron chi connectivity index (χ0n) is 14.4. The monoisotopic (exact) mass is 382 g/mol. The van der Waals surface area contributed by atoms with Gasteiger partial charge in [0.05, 0.1) is 11.7 Å². The Morgan fingerprint density at radius 1 is 1.15 bits per heavy atom. The highest BCUT2D eigenvalue weighted by molar-refractivity contribution is 8.15. The molecular weight excluding hydrogens is 366 g/mol. The van der Waals surface area contributed by atoms with E-state index in [4.69, 9.17) is 0 Å². The molecule has 1 fully saturated rings. The highest BCUT2D eigenvalue weighted by Gasteiger charge is 2.36. The lowest BCUT2D eigenvalue weighted by molar-refractivity contribution is -0.255. The highest BCUT2D eigenvalue weighted by Crippen LogP contribution is 2.30. The molecule has 1 N–H and O–H groups in total. The van der Waals surface area contributed by atoms with Crippen molar-refractivity contribution >= 4 is 46.1 Å². The molecule has 3 rings (SSSR count). The maximum Gasteiger partial charge on any atom is 0.242 e. The van der Waals surface area contributed by atoms with Gasteiger partial charge in [-0.1, -0.05) is 42.1 Å². The summed E-state index contributed by atoms with van der Waals surface area (Å²) in [6, 6.07) is 14.9. The molecular formula is C19H16N3O4S-. The molecule has 1 aliphatic heterocycles. The van der Waals surface area contributed by atoms with Crippen LogP contribution in [0.25, 0.3) is 0 Å². The van der Waals surface area contributed by atoms with Crippen LogP contribution in [0.1, 0.15) is 16.8 Å². The number of benzene rings is 2. The molecule has 2 aromatic rings. The number of rotatable bonds is 5. The van der Waals surface area contributed by atoms with Crippen LogP contribution in [0.3, 0.4) is 0 Å². The molecule has 2 aromatic carbocycles. The van der Waals surface area contributed by atoms with Gasteiger partial charge in [0.15, 0.2) is 5.17 Å². The largest absolute Gasteiger partial charge is 0.545 e. The molecule has 7 nitrogen and oxygen atoms in total. The van der Waals surface area contributed by atoms with Crippen LogP contribution >= 0.6 is 11.8 Å². The second-order valence-electron chi connectivity index (χ2n) is 5.85. The number of hydrogen-bond acceptors (Lipinski definition) is 6. The van der Waals surface area contributed by atoms with Crippen molar-refractivity contribution in [1.82, 2.24) is 4.90 Å². The number of nitrogens with zero attached hydrogens (tertiary/aromatic N) is 2. The van der Waals surface area contributed by atoms with E-state index in [-0.39, 0.29) is 23.8 Å². The molecule has 138 valence electrons. The van der Waals surface area contributed by atoms with Gasteiger partial charge in [0.1, 0.15) is 5.25 Å². The molecule has 0 aromatic heterocycles. The van der Waals surface area contributed by atoms with Crippen LogP contribution in [0.2, 0.25) is 0 Å². The summed E-state index contributed by atoms with van der Waals surface area (Å²) in [5.41, 5.74) is 1.21. The Balaban J connectivity index is 1.63. The summed E-state index contributed by atoms with van der Waals surface area (Å²) in [7, 11) is 1.63. The third-order valence-corrected chi connectivity index (χ3v) is 5.13. The van der Waals surface area contributed by atoms with Crippen LogP contribution in [0, 0.1) is 0 Å². The maximum atomic E-state index is 12.4. The fourth-order valence-electron chi connectivity index (χ4n) is 2.48. The Labute approximate surface area is 160 Å². The molecule has 0 aliphatic carbocycles. The topological polar surface area (TPSA) is 102 Å². The molecule has 0 bridgehead atoms. The first-order valence-electron chi connectivity index (χ1n) is 8.13.